The number of nitrogens with two attached hydrogens (primary N) is 1. The Hall–Kier alpha value is -0.820. The lowest BCUT2D eigenvalue weighted by Crippen LogP contribution is -2.40. The van der Waals surface area contributed by atoms with E-state index in [1.54, 1.807) is 0 Å². The summed E-state index contributed by atoms with van der Waals surface area (Å²) in [5.74, 6) is -2.00. The summed E-state index contributed by atoms with van der Waals surface area (Å²) in [6.45, 7) is -0.442. The van der Waals surface area contributed by atoms with Gasteiger partial charge in [-0.05, 0) is 7.05 Å². The van der Waals surface area contributed by atoms with Crippen molar-refractivity contribution in [3.63, 3.8) is 0 Å². The van der Waals surface area contributed by atoms with E-state index < -0.39 is 24.6 Å². The van der Waals surface area contributed by atoms with Crippen LogP contribution in [0.5, 0.6) is 0 Å². The first-order chi connectivity index (χ1) is 7.31. The van der Waals surface area contributed by atoms with Crippen LogP contribution < -0.4 is 5.73 Å². The number of methoxy groups -OCH3 is 1. The first kappa shape index (κ1) is 15.2. The topological polar surface area (TPSA) is 55.6 Å². The fourth-order valence-corrected chi connectivity index (χ4v) is 1.16. The lowest BCUT2D eigenvalue weighted by Gasteiger charge is -2.24. The summed E-state index contributed by atoms with van der Waals surface area (Å²) in [4.78, 5) is 12.2. The van der Waals surface area contributed by atoms with Crippen LogP contribution >= 0.6 is 0 Å². The minimum absolute atomic E-state index is 0.0716. The molecule has 1 atom stereocenters. The van der Waals surface area contributed by atoms with Gasteiger partial charge in [0.2, 0.25) is 0 Å². The molecule has 0 heterocycles. The SMILES string of the molecule is COC(=O)CCN(C)CC(CN)C(F)(F)F. The van der Waals surface area contributed by atoms with Crippen molar-refractivity contribution in [2.75, 3.05) is 33.8 Å². The molecule has 0 aliphatic rings. The van der Waals surface area contributed by atoms with Crippen molar-refractivity contribution in [3.8, 4) is 0 Å². The fraction of sp³-hybridized carbons (Fsp3) is 0.889. The van der Waals surface area contributed by atoms with E-state index in [4.69, 9.17) is 5.73 Å². The Morgan fingerprint density at radius 3 is 2.44 bits per heavy atom. The number of ether oxygens (including phenoxy) is 1. The van der Waals surface area contributed by atoms with Gasteiger partial charge in [-0.25, -0.2) is 0 Å². The molecular formula is C9H17F3N2O2. The minimum atomic E-state index is -4.30. The second kappa shape index (κ2) is 6.70. The number of carbonyl (C=O) groups excluding carboxylic acids is 1. The second-order valence-corrected chi connectivity index (χ2v) is 3.56. The molecule has 1 unspecified atom stereocenters. The summed E-state index contributed by atoms with van der Waals surface area (Å²) in [6, 6.07) is 0. The molecule has 0 aromatic carbocycles. The van der Waals surface area contributed by atoms with Crippen LogP contribution in [0, 0.1) is 5.92 Å². The molecule has 2 N–H and O–H groups in total. The van der Waals surface area contributed by atoms with Gasteiger partial charge >= 0.3 is 12.1 Å². The first-order valence-electron chi connectivity index (χ1n) is 4.83. The van der Waals surface area contributed by atoms with Crippen molar-refractivity contribution in [1.82, 2.24) is 4.90 Å². The van der Waals surface area contributed by atoms with Crippen LogP contribution in [0.1, 0.15) is 6.42 Å². The number of rotatable bonds is 6. The normalized spacial score (nSPS) is 13.9. The minimum Gasteiger partial charge on any atom is -0.469 e. The van der Waals surface area contributed by atoms with Crippen LogP contribution in [0.4, 0.5) is 13.2 Å². The molecule has 0 radical (unpaired) electrons. The lowest BCUT2D eigenvalue weighted by molar-refractivity contribution is -0.175. The van der Waals surface area contributed by atoms with Crippen LogP contribution in [0.25, 0.3) is 0 Å². The van der Waals surface area contributed by atoms with E-state index in [2.05, 4.69) is 4.74 Å². The Kier molecular flexibility index (Phi) is 6.35. The predicted octanol–water partition coefficient (Wildman–Crippen LogP) is 0.618. The molecule has 96 valence electrons. The number of esters is 1. The third-order valence-corrected chi connectivity index (χ3v) is 2.20. The van der Waals surface area contributed by atoms with Crippen molar-refractivity contribution in [2.24, 2.45) is 11.7 Å². The highest BCUT2D eigenvalue weighted by Gasteiger charge is 2.38. The van der Waals surface area contributed by atoms with Gasteiger partial charge in [-0.1, -0.05) is 0 Å². The smallest absolute Gasteiger partial charge is 0.394 e. The van der Waals surface area contributed by atoms with Crippen LogP contribution in [-0.2, 0) is 9.53 Å². The van der Waals surface area contributed by atoms with Gasteiger partial charge < -0.3 is 15.4 Å². The first-order valence-corrected chi connectivity index (χ1v) is 4.83. The van der Waals surface area contributed by atoms with Gasteiger partial charge in [-0.3, -0.25) is 4.79 Å². The summed E-state index contributed by atoms with van der Waals surface area (Å²) in [5.41, 5.74) is 5.05. The van der Waals surface area contributed by atoms with Gasteiger partial charge in [0.1, 0.15) is 0 Å². The van der Waals surface area contributed by atoms with Crippen molar-refractivity contribution in [2.45, 2.75) is 12.6 Å². The molecule has 0 saturated heterocycles. The maximum atomic E-state index is 12.3. The largest absolute Gasteiger partial charge is 0.469 e. The van der Waals surface area contributed by atoms with E-state index >= 15 is 0 Å². The molecule has 0 spiro atoms. The Bertz CT molecular complexity index is 221. The average molecular weight is 242 g/mol. The monoisotopic (exact) mass is 242 g/mol. The third kappa shape index (κ3) is 5.92. The number of nitrogens with zero attached hydrogens (tertiary/aromatic N) is 1. The van der Waals surface area contributed by atoms with Gasteiger partial charge in [0.05, 0.1) is 19.4 Å². The summed E-state index contributed by atoms with van der Waals surface area (Å²) < 4.78 is 41.4. The van der Waals surface area contributed by atoms with E-state index in [1.807, 2.05) is 0 Å². The van der Waals surface area contributed by atoms with Gasteiger partial charge in [0, 0.05) is 19.6 Å². The summed E-state index contributed by atoms with van der Waals surface area (Å²) in [7, 11) is 2.75. The van der Waals surface area contributed by atoms with Gasteiger partial charge in [-0.15, -0.1) is 0 Å². The molecule has 0 aromatic rings. The van der Waals surface area contributed by atoms with E-state index in [0.29, 0.717) is 0 Å². The number of carbonyl (C=O) groups is 1. The molecule has 7 heteroatoms. The summed E-state index contributed by atoms with van der Waals surface area (Å²) >= 11 is 0. The van der Waals surface area contributed by atoms with Crippen LogP contribution in [0.3, 0.4) is 0 Å². The van der Waals surface area contributed by atoms with Crippen molar-refractivity contribution < 1.29 is 22.7 Å². The van der Waals surface area contributed by atoms with Crippen molar-refractivity contribution in [1.29, 1.82) is 0 Å². The average Bonchev–Trinajstić information content (AvgIpc) is 2.20. The highest BCUT2D eigenvalue weighted by molar-refractivity contribution is 5.69. The molecule has 0 fully saturated rings. The van der Waals surface area contributed by atoms with Gasteiger partial charge in [0.15, 0.2) is 0 Å². The second-order valence-electron chi connectivity index (χ2n) is 3.56. The number of hydrogen-bond donors (Lipinski definition) is 1. The highest BCUT2D eigenvalue weighted by atomic mass is 19.4. The molecule has 0 aliphatic heterocycles. The van der Waals surface area contributed by atoms with E-state index in [0.717, 1.165) is 0 Å². The van der Waals surface area contributed by atoms with Crippen molar-refractivity contribution in [3.05, 3.63) is 0 Å². The number of hydrogen-bond acceptors (Lipinski definition) is 4. The van der Waals surface area contributed by atoms with Crippen LogP contribution in [0.15, 0.2) is 0 Å². The highest BCUT2D eigenvalue weighted by Crippen LogP contribution is 2.25. The Balaban J connectivity index is 4.02. The fourth-order valence-electron chi connectivity index (χ4n) is 1.16. The van der Waals surface area contributed by atoms with Crippen molar-refractivity contribution >= 4 is 5.97 Å². The number of alkyl halides is 3. The molecule has 0 aromatic heterocycles. The standard InChI is InChI=1S/C9H17F3N2O2/c1-14(4-3-8(15)16-2)6-7(5-13)9(10,11)12/h7H,3-6,13H2,1-2H3. The third-order valence-electron chi connectivity index (χ3n) is 2.20. The molecule has 16 heavy (non-hydrogen) atoms. The quantitative estimate of drug-likeness (QED) is 0.694. The molecule has 0 saturated carbocycles. The predicted molar refractivity (Wildman–Crippen MR) is 52.7 cm³/mol. The molecule has 0 bridgehead atoms. The number of halogens is 3. The van der Waals surface area contributed by atoms with E-state index in [1.165, 1.54) is 19.1 Å². The Morgan fingerprint density at radius 1 is 1.50 bits per heavy atom. The van der Waals surface area contributed by atoms with Crippen LogP contribution in [0.2, 0.25) is 0 Å². The van der Waals surface area contributed by atoms with Gasteiger partial charge in [-0.2, -0.15) is 13.2 Å². The van der Waals surface area contributed by atoms with E-state index in [9.17, 15) is 18.0 Å². The maximum Gasteiger partial charge on any atom is 0.394 e. The summed E-state index contributed by atoms with van der Waals surface area (Å²) in [6.07, 6.45) is -4.23. The molecule has 4 nitrogen and oxygen atoms in total. The maximum absolute atomic E-state index is 12.3. The molecule has 0 aliphatic carbocycles. The Morgan fingerprint density at radius 2 is 2.06 bits per heavy atom. The molecule has 0 amide bonds. The van der Waals surface area contributed by atoms with Gasteiger partial charge in [0.25, 0.3) is 0 Å². The zero-order chi connectivity index (χ0) is 12.8. The lowest BCUT2D eigenvalue weighted by atomic mass is 10.1. The molecular weight excluding hydrogens is 225 g/mol. The zero-order valence-electron chi connectivity index (χ0n) is 9.38. The Labute approximate surface area is 92.5 Å². The summed E-state index contributed by atoms with van der Waals surface area (Å²) in [5, 5.41) is 0. The van der Waals surface area contributed by atoms with Crippen LogP contribution in [-0.4, -0.2) is 50.8 Å². The zero-order valence-corrected chi connectivity index (χ0v) is 9.38. The molecule has 0 rings (SSSR count). The van der Waals surface area contributed by atoms with E-state index in [-0.39, 0.29) is 19.5 Å².